The minimum atomic E-state index is -0.390. The predicted octanol–water partition coefficient (Wildman–Crippen LogP) is 3.54. The molecule has 4 nitrogen and oxygen atoms in total. The van der Waals surface area contributed by atoms with Crippen molar-refractivity contribution in [2.24, 2.45) is 20.5 Å². The van der Waals surface area contributed by atoms with E-state index in [0.29, 0.717) is 5.02 Å². The molecule has 2 rings (SSSR count). The molecule has 1 aromatic carbocycles. The van der Waals surface area contributed by atoms with E-state index in [-0.39, 0.29) is 11.3 Å². The van der Waals surface area contributed by atoms with Gasteiger partial charge >= 0.3 is 0 Å². The molecule has 14 heavy (non-hydrogen) atoms. The van der Waals surface area contributed by atoms with Gasteiger partial charge in [0.05, 0.1) is 0 Å². The molecule has 0 saturated heterocycles. The van der Waals surface area contributed by atoms with E-state index in [1.807, 2.05) is 12.1 Å². The lowest BCUT2D eigenvalue weighted by atomic mass is 10.2. The summed E-state index contributed by atoms with van der Waals surface area (Å²) in [6.45, 7) is 0. The number of hydrogen-bond donors (Lipinski definition) is 0. The molecule has 0 N–H and O–H groups in total. The summed E-state index contributed by atoms with van der Waals surface area (Å²) in [6, 6.07) is 7.21. The Labute approximate surface area is 90.7 Å². The van der Waals surface area contributed by atoms with Crippen LogP contribution < -0.4 is 0 Å². The Hall–Kier alpha value is -1.20. The number of azo groups is 2. The Balaban J connectivity index is 2.24. The standard InChI is InChI=1S/C8H5ClN4S/c9-6-3-1-5(2-4-6)7-10-12-8(14)13-11-7/h1-4,7H. The molecule has 0 unspecified atom stereocenters. The number of benzene rings is 1. The van der Waals surface area contributed by atoms with Gasteiger partial charge in [0, 0.05) is 10.6 Å². The van der Waals surface area contributed by atoms with E-state index in [2.05, 4.69) is 32.7 Å². The monoisotopic (exact) mass is 224 g/mol. The molecular weight excluding hydrogens is 220 g/mol. The van der Waals surface area contributed by atoms with E-state index in [1.165, 1.54) is 0 Å². The second-order valence-electron chi connectivity index (χ2n) is 2.64. The molecule has 0 aliphatic carbocycles. The summed E-state index contributed by atoms with van der Waals surface area (Å²) in [5.41, 5.74) is 0.893. The third-order valence-corrected chi connectivity index (χ3v) is 2.09. The van der Waals surface area contributed by atoms with Gasteiger partial charge in [0.1, 0.15) is 0 Å². The maximum absolute atomic E-state index is 5.74. The molecule has 6 heteroatoms. The van der Waals surface area contributed by atoms with Gasteiger partial charge in [0.15, 0.2) is 0 Å². The molecule has 0 bridgehead atoms. The molecule has 0 radical (unpaired) electrons. The summed E-state index contributed by atoms with van der Waals surface area (Å²) < 4.78 is 0. The van der Waals surface area contributed by atoms with Crippen LogP contribution >= 0.6 is 23.8 Å². The van der Waals surface area contributed by atoms with E-state index in [4.69, 9.17) is 11.6 Å². The number of halogens is 1. The molecule has 0 fully saturated rings. The molecule has 0 aromatic heterocycles. The van der Waals surface area contributed by atoms with Gasteiger partial charge in [-0.25, -0.2) is 0 Å². The van der Waals surface area contributed by atoms with Crippen molar-refractivity contribution in [3.8, 4) is 0 Å². The van der Waals surface area contributed by atoms with Crippen molar-refractivity contribution in [1.82, 2.24) is 0 Å². The summed E-state index contributed by atoms with van der Waals surface area (Å²) in [6.07, 6.45) is -0.390. The summed E-state index contributed by atoms with van der Waals surface area (Å²) >= 11 is 10.4. The number of rotatable bonds is 1. The highest BCUT2D eigenvalue weighted by Crippen LogP contribution is 2.23. The van der Waals surface area contributed by atoms with Crippen LogP contribution in [0.2, 0.25) is 5.02 Å². The lowest BCUT2D eigenvalue weighted by molar-refractivity contribution is 0.676. The van der Waals surface area contributed by atoms with Crippen LogP contribution in [0.3, 0.4) is 0 Å². The van der Waals surface area contributed by atoms with Gasteiger partial charge in [-0.15, -0.1) is 10.2 Å². The van der Waals surface area contributed by atoms with Gasteiger partial charge in [-0.05, 0) is 24.4 Å². The summed E-state index contributed by atoms with van der Waals surface area (Å²) in [7, 11) is 0. The minimum Gasteiger partial charge on any atom is -0.152 e. The number of nitrogens with zero attached hydrogens (tertiary/aromatic N) is 4. The van der Waals surface area contributed by atoms with Gasteiger partial charge < -0.3 is 0 Å². The fraction of sp³-hybridized carbons (Fsp3) is 0.125. The summed E-state index contributed by atoms with van der Waals surface area (Å²) in [4.78, 5) is 0. The first kappa shape index (κ1) is 9.36. The smallest absolute Gasteiger partial charge is 0.152 e. The van der Waals surface area contributed by atoms with E-state index >= 15 is 0 Å². The SMILES string of the molecule is S=C1N=NC(c2ccc(Cl)cc2)N=N1. The molecule has 70 valence electrons. The molecule has 1 heterocycles. The van der Waals surface area contributed by atoms with Gasteiger partial charge in [-0.3, -0.25) is 0 Å². The van der Waals surface area contributed by atoms with Crippen LogP contribution in [-0.4, -0.2) is 5.11 Å². The van der Waals surface area contributed by atoms with Gasteiger partial charge in [0.2, 0.25) is 6.17 Å². The van der Waals surface area contributed by atoms with Crippen molar-refractivity contribution in [2.75, 3.05) is 0 Å². The van der Waals surface area contributed by atoms with E-state index in [9.17, 15) is 0 Å². The third kappa shape index (κ3) is 2.00. The van der Waals surface area contributed by atoms with Crippen molar-refractivity contribution >= 4 is 28.9 Å². The minimum absolute atomic E-state index is 0.162. The lowest BCUT2D eigenvalue weighted by Gasteiger charge is -2.07. The fourth-order valence-corrected chi connectivity index (χ4v) is 1.24. The van der Waals surface area contributed by atoms with Crippen molar-refractivity contribution in [2.45, 2.75) is 6.17 Å². The van der Waals surface area contributed by atoms with Crippen LogP contribution in [-0.2, 0) is 0 Å². The maximum atomic E-state index is 5.74. The molecule has 0 spiro atoms. The van der Waals surface area contributed by atoms with Crippen LogP contribution in [0.1, 0.15) is 11.7 Å². The Morgan fingerprint density at radius 2 is 1.64 bits per heavy atom. The van der Waals surface area contributed by atoms with E-state index < -0.39 is 0 Å². The first-order valence-electron chi connectivity index (χ1n) is 3.87. The van der Waals surface area contributed by atoms with Crippen molar-refractivity contribution in [1.29, 1.82) is 0 Å². The highest BCUT2D eigenvalue weighted by atomic mass is 35.5. The molecular formula is C8H5ClN4S. The molecule has 0 atom stereocenters. The van der Waals surface area contributed by atoms with Crippen LogP contribution in [0.15, 0.2) is 44.7 Å². The lowest BCUT2D eigenvalue weighted by Crippen LogP contribution is -1.96. The fourth-order valence-electron chi connectivity index (χ4n) is 1.02. The molecule has 0 amide bonds. The Morgan fingerprint density at radius 3 is 2.21 bits per heavy atom. The van der Waals surface area contributed by atoms with E-state index in [1.54, 1.807) is 12.1 Å². The molecule has 1 aliphatic rings. The first-order chi connectivity index (χ1) is 6.75. The average Bonchev–Trinajstić information content (AvgIpc) is 2.21. The van der Waals surface area contributed by atoms with Gasteiger partial charge in [-0.1, -0.05) is 23.7 Å². The molecule has 1 aliphatic heterocycles. The number of thiocarbonyl (C=S) groups is 1. The van der Waals surface area contributed by atoms with E-state index in [0.717, 1.165) is 5.56 Å². The second kappa shape index (κ2) is 3.89. The average molecular weight is 225 g/mol. The predicted molar refractivity (Wildman–Crippen MR) is 56.5 cm³/mol. The van der Waals surface area contributed by atoms with Gasteiger partial charge in [-0.2, -0.15) is 10.2 Å². The first-order valence-corrected chi connectivity index (χ1v) is 4.65. The third-order valence-electron chi connectivity index (χ3n) is 1.67. The zero-order valence-electron chi connectivity index (χ0n) is 6.96. The Kier molecular flexibility index (Phi) is 2.60. The van der Waals surface area contributed by atoms with Crippen LogP contribution in [0.5, 0.6) is 0 Å². The molecule has 1 aromatic rings. The van der Waals surface area contributed by atoms with Gasteiger partial charge in [0.25, 0.3) is 5.11 Å². The Bertz CT molecular complexity index is 396. The van der Waals surface area contributed by atoms with Crippen molar-refractivity contribution < 1.29 is 0 Å². The second-order valence-corrected chi connectivity index (χ2v) is 3.44. The highest BCUT2D eigenvalue weighted by Gasteiger charge is 2.12. The zero-order valence-corrected chi connectivity index (χ0v) is 8.53. The maximum Gasteiger partial charge on any atom is 0.259 e. The van der Waals surface area contributed by atoms with Crippen molar-refractivity contribution in [3.63, 3.8) is 0 Å². The molecule has 0 saturated carbocycles. The van der Waals surface area contributed by atoms with Crippen LogP contribution in [0.25, 0.3) is 0 Å². The number of hydrogen-bond acceptors (Lipinski definition) is 3. The largest absolute Gasteiger partial charge is 0.259 e. The zero-order chi connectivity index (χ0) is 9.97. The quantitative estimate of drug-likeness (QED) is 0.673. The Morgan fingerprint density at radius 1 is 1.07 bits per heavy atom. The summed E-state index contributed by atoms with van der Waals surface area (Å²) in [5, 5.41) is 16.0. The van der Waals surface area contributed by atoms with Crippen molar-refractivity contribution in [3.05, 3.63) is 34.9 Å². The highest BCUT2D eigenvalue weighted by molar-refractivity contribution is 7.80. The topological polar surface area (TPSA) is 49.4 Å². The summed E-state index contributed by atoms with van der Waals surface area (Å²) in [5.74, 6) is 0. The van der Waals surface area contributed by atoms with Crippen LogP contribution in [0.4, 0.5) is 0 Å². The van der Waals surface area contributed by atoms with Crippen LogP contribution in [0, 0.1) is 0 Å². The normalized spacial score (nSPS) is 16.2.